The van der Waals surface area contributed by atoms with Crippen LogP contribution in [0.4, 0.5) is 9.18 Å². The van der Waals surface area contributed by atoms with E-state index in [1.165, 1.54) is 15.9 Å². The van der Waals surface area contributed by atoms with Gasteiger partial charge in [-0.25, -0.2) is 17.6 Å². The highest BCUT2D eigenvalue weighted by atomic mass is 35.5. The molecule has 2 aliphatic rings. The SMILES string of the molecule is CC(C)N1CC2N(C(=O)C(NC(=O)NC(C)(C)C)CN2S(=O)(=O)c2cc(Cl)ccc2F)C(Cc2ccc(Cl)cc2)C1=O. The van der Waals surface area contributed by atoms with Crippen molar-refractivity contribution >= 4 is 51.1 Å². The van der Waals surface area contributed by atoms with Crippen molar-refractivity contribution in [3.05, 3.63) is 63.9 Å². The van der Waals surface area contributed by atoms with Crippen LogP contribution in [0.1, 0.15) is 40.2 Å². The van der Waals surface area contributed by atoms with Gasteiger partial charge in [0.15, 0.2) is 0 Å². The number of halogens is 3. The van der Waals surface area contributed by atoms with E-state index in [0.717, 1.165) is 16.4 Å². The third-order valence-corrected chi connectivity index (χ3v) is 9.44. The maximum Gasteiger partial charge on any atom is 0.315 e. The molecular weight excluding hydrogens is 608 g/mol. The first-order valence-electron chi connectivity index (χ1n) is 13.4. The molecule has 2 aromatic rings. The molecule has 3 atom stereocenters. The first-order chi connectivity index (χ1) is 19.5. The van der Waals surface area contributed by atoms with E-state index in [4.69, 9.17) is 23.2 Å². The first kappa shape index (κ1) is 32.0. The quantitative estimate of drug-likeness (QED) is 0.499. The summed E-state index contributed by atoms with van der Waals surface area (Å²) in [4.78, 5) is 42.8. The molecule has 2 N–H and O–H groups in total. The maximum atomic E-state index is 15.0. The van der Waals surface area contributed by atoms with Crippen molar-refractivity contribution in [3.63, 3.8) is 0 Å². The summed E-state index contributed by atoms with van der Waals surface area (Å²) in [5, 5.41) is 5.75. The molecule has 2 fully saturated rings. The van der Waals surface area contributed by atoms with Gasteiger partial charge in [-0.3, -0.25) is 9.59 Å². The van der Waals surface area contributed by atoms with E-state index in [9.17, 15) is 27.2 Å². The lowest BCUT2D eigenvalue weighted by atomic mass is 9.96. The molecule has 4 rings (SSSR count). The number of urea groups is 1. The molecule has 2 saturated heterocycles. The number of sulfonamides is 1. The summed E-state index contributed by atoms with van der Waals surface area (Å²) in [5.41, 5.74) is 0.0291. The Morgan fingerprint density at radius 2 is 1.64 bits per heavy atom. The number of piperazine rings is 1. The number of amides is 4. The molecule has 0 aliphatic carbocycles. The van der Waals surface area contributed by atoms with Gasteiger partial charge < -0.3 is 20.4 Å². The normalized spacial score (nSPS) is 21.9. The highest BCUT2D eigenvalue weighted by molar-refractivity contribution is 7.89. The van der Waals surface area contributed by atoms with Gasteiger partial charge >= 0.3 is 6.03 Å². The van der Waals surface area contributed by atoms with E-state index >= 15 is 0 Å². The summed E-state index contributed by atoms with van der Waals surface area (Å²) in [5.74, 6) is -2.03. The van der Waals surface area contributed by atoms with Crippen LogP contribution in [0.2, 0.25) is 10.0 Å². The maximum absolute atomic E-state index is 15.0. The van der Waals surface area contributed by atoms with Crippen LogP contribution in [0.3, 0.4) is 0 Å². The average molecular weight is 643 g/mol. The number of fused-ring (bicyclic) bond motifs is 1. The van der Waals surface area contributed by atoms with E-state index in [2.05, 4.69) is 10.6 Å². The molecule has 0 aromatic heterocycles. The van der Waals surface area contributed by atoms with Crippen LogP contribution in [0.5, 0.6) is 0 Å². The number of nitrogens with zero attached hydrogens (tertiary/aromatic N) is 3. The lowest BCUT2D eigenvalue weighted by Gasteiger charge is -2.54. The second-order valence-electron chi connectivity index (χ2n) is 11.7. The summed E-state index contributed by atoms with van der Waals surface area (Å²) in [6.45, 7) is 8.17. The Morgan fingerprint density at radius 1 is 1.02 bits per heavy atom. The summed E-state index contributed by atoms with van der Waals surface area (Å²) in [7, 11) is -4.63. The first-order valence-corrected chi connectivity index (χ1v) is 15.6. The second-order valence-corrected chi connectivity index (χ2v) is 14.4. The number of hydrogen-bond donors (Lipinski definition) is 2. The Bertz CT molecular complexity index is 1480. The zero-order valence-corrected chi connectivity index (χ0v) is 26.2. The predicted molar refractivity (Wildman–Crippen MR) is 157 cm³/mol. The molecule has 0 saturated carbocycles. The zero-order chi connectivity index (χ0) is 31.1. The molecule has 14 heteroatoms. The van der Waals surface area contributed by atoms with Crippen LogP contribution in [0.25, 0.3) is 0 Å². The minimum Gasteiger partial charge on any atom is -0.335 e. The number of nitrogens with one attached hydrogen (secondary N) is 2. The lowest BCUT2D eigenvalue weighted by Crippen LogP contribution is -2.76. The minimum atomic E-state index is -4.63. The van der Waals surface area contributed by atoms with Gasteiger partial charge in [-0.2, -0.15) is 4.31 Å². The largest absolute Gasteiger partial charge is 0.335 e. The molecule has 0 spiro atoms. The fourth-order valence-corrected chi connectivity index (χ4v) is 7.20. The zero-order valence-electron chi connectivity index (χ0n) is 23.9. The highest BCUT2D eigenvalue weighted by Crippen LogP contribution is 2.34. The van der Waals surface area contributed by atoms with Crippen LogP contribution in [0.15, 0.2) is 47.4 Å². The monoisotopic (exact) mass is 641 g/mol. The average Bonchev–Trinajstić information content (AvgIpc) is 2.88. The van der Waals surface area contributed by atoms with E-state index in [1.807, 2.05) is 0 Å². The topological polar surface area (TPSA) is 119 Å². The van der Waals surface area contributed by atoms with Gasteiger partial charge in [0.05, 0.1) is 6.54 Å². The molecular formula is C28H34Cl2FN5O5S. The Balaban J connectivity index is 1.84. The second kappa shape index (κ2) is 12.0. The van der Waals surface area contributed by atoms with Crippen LogP contribution >= 0.6 is 23.2 Å². The molecule has 2 aliphatic heterocycles. The molecule has 0 radical (unpaired) electrons. The third kappa shape index (κ3) is 6.66. The van der Waals surface area contributed by atoms with Crippen molar-refractivity contribution in [2.45, 2.75) is 75.8 Å². The van der Waals surface area contributed by atoms with Crippen LogP contribution < -0.4 is 10.6 Å². The molecule has 3 unspecified atom stereocenters. The van der Waals surface area contributed by atoms with Crippen molar-refractivity contribution in [3.8, 4) is 0 Å². The third-order valence-electron chi connectivity index (χ3n) is 7.07. The summed E-state index contributed by atoms with van der Waals surface area (Å²) in [6.07, 6.45) is -1.12. The van der Waals surface area contributed by atoms with Crippen molar-refractivity contribution < 1.29 is 27.2 Å². The number of carbonyl (C=O) groups is 3. The van der Waals surface area contributed by atoms with E-state index in [1.54, 1.807) is 58.9 Å². The van der Waals surface area contributed by atoms with Gasteiger partial charge in [-0.1, -0.05) is 35.3 Å². The van der Waals surface area contributed by atoms with Crippen LogP contribution in [0, 0.1) is 5.82 Å². The number of carbonyl (C=O) groups excluding carboxylic acids is 3. The minimum absolute atomic E-state index is 0.00221. The van der Waals surface area contributed by atoms with E-state index < -0.39 is 63.0 Å². The Morgan fingerprint density at radius 3 is 2.24 bits per heavy atom. The Kier molecular flexibility index (Phi) is 9.13. The van der Waals surface area contributed by atoms with Gasteiger partial charge in [-0.05, 0) is 70.5 Å². The van der Waals surface area contributed by atoms with Gasteiger partial charge in [-0.15, -0.1) is 0 Å². The standard InChI is InChI=1S/C28H34Cl2FN5O5S/c1-16(2)34-15-24-35(42(40,41)23-13-19(30)10-11-20(23)31)14-21(32-27(39)33-28(3,4)5)25(37)36(24)22(26(34)38)12-17-6-8-18(29)9-7-17/h6-11,13,16,21-22,24H,12,14-15H2,1-5H3,(H2,32,33,39). The number of hydrogen-bond acceptors (Lipinski definition) is 5. The molecule has 2 heterocycles. The van der Waals surface area contributed by atoms with E-state index in [0.29, 0.717) is 10.6 Å². The summed E-state index contributed by atoms with van der Waals surface area (Å²) < 4.78 is 44.1. The Labute approximate surface area is 255 Å². The van der Waals surface area contributed by atoms with Crippen molar-refractivity contribution in [2.75, 3.05) is 13.1 Å². The van der Waals surface area contributed by atoms with Gasteiger partial charge in [0, 0.05) is 34.6 Å². The van der Waals surface area contributed by atoms with Crippen molar-refractivity contribution in [2.24, 2.45) is 0 Å². The summed E-state index contributed by atoms with van der Waals surface area (Å²) in [6, 6.07) is 6.40. The fourth-order valence-electron chi connectivity index (χ4n) is 5.16. The molecule has 228 valence electrons. The van der Waals surface area contributed by atoms with Gasteiger partial charge in [0.2, 0.25) is 21.8 Å². The highest BCUT2D eigenvalue weighted by Gasteiger charge is 2.54. The van der Waals surface area contributed by atoms with Crippen LogP contribution in [-0.2, 0) is 26.0 Å². The predicted octanol–water partition coefficient (Wildman–Crippen LogP) is 3.62. The fraction of sp³-hybridized carbons (Fsp3) is 0.464. The van der Waals surface area contributed by atoms with Crippen molar-refractivity contribution in [1.82, 2.24) is 24.7 Å². The Hall–Kier alpha value is -2.93. The molecule has 42 heavy (non-hydrogen) atoms. The number of benzene rings is 2. The smallest absolute Gasteiger partial charge is 0.315 e. The van der Waals surface area contributed by atoms with Gasteiger partial charge in [0.1, 0.15) is 29.0 Å². The molecule has 2 aromatic carbocycles. The van der Waals surface area contributed by atoms with Crippen LogP contribution in [-0.4, -0.2) is 83.3 Å². The van der Waals surface area contributed by atoms with Crippen molar-refractivity contribution in [1.29, 1.82) is 0 Å². The molecule has 0 bridgehead atoms. The van der Waals surface area contributed by atoms with E-state index in [-0.39, 0.29) is 29.9 Å². The summed E-state index contributed by atoms with van der Waals surface area (Å²) >= 11 is 12.1. The van der Waals surface area contributed by atoms with Gasteiger partial charge in [0.25, 0.3) is 0 Å². The molecule has 4 amide bonds. The lowest BCUT2D eigenvalue weighted by molar-refractivity contribution is -0.168. The number of rotatable bonds is 6. The molecule has 10 nitrogen and oxygen atoms in total.